The van der Waals surface area contributed by atoms with Crippen molar-refractivity contribution in [2.45, 2.75) is 33.3 Å². The van der Waals surface area contributed by atoms with Crippen molar-refractivity contribution in [3.8, 4) is 5.69 Å². The lowest BCUT2D eigenvalue weighted by Gasteiger charge is -2.13. The third-order valence-electron chi connectivity index (χ3n) is 4.99. The highest BCUT2D eigenvalue weighted by Gasteiger charge is 2.18. The molecule has 0 saturated carbocycles. The zero-order chi connectivity index (χ0) is 22.0. The lowest BCUT2D eigenvalue weighted by atomic mass is 10.1. The molecule has 30 heavy (non-hydrogen) atoms. The van der Waals surface area contributed by atoms with Crippen LogP contribution < -0.4 is 5.32 Å². The molecule has 0 aliphatic heterocycles. The van der Waals surface area contributed by atoms with Gasteiger partial charge in [-0.3, -0.25) is 4.79 Å². The maximum absolute atomic E-state index is 13.8. The van der Waals surface area contributed by atoms with Gasteiger partial charge in [0.25, 0.3) is 0 Å². The molecule has 2 N–H and O–H groups in total. The molecule has 0 spiro atoms. The first-order valence-electron chi connectivity index (χ1n) is 9.38. The molecule has 1 unspecified atom stereocenters. The summed E-state index contributed by atoms with van der Waals surface area (Å²) in [4.78, 5) is 12.4. The van der Waals surface area contributed by atoms with Gasteiger partial charge in [0.05, 0.1) is 23.9 Å². The first-order valence-corrected chi connectivity index (χ1v) is 9.76. The van der Waals surface area contributed by atoms with Crippen LogP contribution in [0.1, 0.15) is 34.2 Å². The second-order valence-corrected chi connectivity index (χ2v) is 7.56. The first-order chi connectivity index (χ1) is 14.2. The van der Waals surface area contributed by atoms with Gasteiger partial charge in [0.15, 0.2) is 0 Å². The molecule has 8 heteroatoms. The highest BCUT2D eigenvalue weighted by Crippen LogP contribution is 2.23. The third-order valence-corrected chi connectivity index (χ3v) is 5.40. The maximum Gasteiger partial charge on any atom is 0.224 e. The number of halogens is 3. The minimum atomic E-state index is -1.28. The lowest BCUT2D eigenvalue weighted by Crippen LogP contribution is -2.30. The number of nitrogens with one attached hydrogen (secondary N) is 1. The standard InChI is InChI=1S/C22H22ClF2N3O2/c1-12-4-6-16(9-19(12)23)28-14(3)18(13(2)27-28)10-22(30)26-11-21(29)17-7-5-15(24)8-20(17)25/h4-9,21,29H,10-11H2,1-3H3,(H,26,30). The Morgan fingerprint density at radius 1 is 1.20 bits per heavy atom. The summed E-state index contributed by atoms with van der Waals surface area (Å²) in [5.74, 6) is -1.93. The molecule has 0 radical (unpaired) electrons. The predicted octanol–water partition coefficient (Wildman–Crippen LogP) is 4.12. The van der Waals surface area contributed by atoms with Crippen molar-refractivity contribution in [2.75, 3.05) is 6.54 Å². The number of aromatic nitrogens is 2. The normalized spacial score (nSPS) is 12.1. The fourth-order valence-electron chi connectivity index (χ4n) is 3.21. The molecule has 3 rings (SSSR count). The molecule has 0 fully saturated rings. The molecule has 1 heterocycles. The topological polar surface area (TPSA) is 67.2 Å². The van der Waals surface area contributed by atoms with E-state index in [1.807, 2.05) is 39.0 Å². The lowest BCUT2D eigenvalue weighted by molar-refractivity contribution is -0.120. The van der Waals surface area contributed by atoms with Crippen LogP contribution in [0, 0.1) is 32.4 Å². The van der Waals surface area contributed by atoms with E-state index in [-0.39, 0.29) is 24.4 Å². The number of nitrogens with zero attached hydrogens (tertiary/aromatic N) is 2. The van der Waals surface area contributed by atoms with Crippen LogP contribution in [0.2, 0.25) is 5.02 Å². The van der Waals surface area contributed by atoms with Gasteiger partial charge >= 0.3 is 0 Å². The number of hydrogen-bond donors (Lipinski definition) is 2. The number of amides is 1. The molecule has 0 bridgehead atoms. The SMILES string of the molecule is Cc1ccc(-n2nc(C)c(CC(=O)NCC(O)c3ccc(F)cc3F)c2C)cc1Cl. The number of aliphatic hydroxyl groups is 1. The van der Waals surface area contributed by atoms with Crippen molar-refractivity contribution in [1.82, 2.24) is 15.1 Å². The summed E-state index contributed by atoms with van der Waals surface area (Å²) in [7, 11) is 0. The summed E-state index contributed by atoms with van der Waals surface area (Å²) >= 11 is 6.21. The van der Waals surface area contributed by atoms with Gasteiger partial charge in [-0.25, -0.2) is 13.5 Å². The monoisotopic (exact) mass is 433 g/mol. The summed E-state index contributed by atoms with van der Waals surface area (Å²) in [5, 5.41) is 17.8. The Kier molecular flexibility index (Phi) is 6.53. The highest BCUT2D eigenvalue weighted by molar-refractivity contribution is 6.31. The van der Waals surface area contributed by atoms with Crippen LogP contribution in [0.5, 0.6) is 0 Å². The van der Waals surface area contributed by atoms with E-state index in [4.69, 9.17) is 11.6 Å². The summed E-state index contributed by atoms with van der Waals surface area (Å²) < 4.78 is 28.5. The number of carbonyl (C=O) groups is 1. The number of benzene rings is 2. The van der Waals surface area contributed by atoms with Crippen molar-refractivity contribution in [3.63, 3.8) is 0 Å². The first kappa shape index (κ1) is 21.9. The van der Waals surface area contributed by atoms with E-state index in [2.05, 4.69) is 10.4 Å². The summed E-state index contributed by atoms with van der Waals surface area (Å²) in [6, 6.07) is 8.52. The molecule has 5 nitrogen and oxygen atoms in total. The summed E-state index contributed by atoms with van der Waals surface area (Å²) in [6.07, 6.45) is -1.23. The minimum Gasteiger partial charge on any atom is -0.386 e. The zero-order valence-electron chi connectivity index (χ0n) is 16.8. The Balaban J connectivity index is 1.69. The molecule has 0 saturated heterocycles. The van der Waals surface area contributed by atoms with Gasteiger partial charge in [-0.2, -0.15) is 5.10 Å². The van der Waals surface area contributed by atoms with Crippen molar-refractivity contribution in [3.05, 3.63) is 81.1 Å². The molecule has 158 valence electrons. The molecule has 3 aromatic rings. The fourth-order valence-corrected chi connectivity index (χ4v) is 3.39. The van der Waals surface area contributed by atoms with Crippen LogP contribution >= 0.6 is 11.6 Å². The van der Waals surface area contributed by atoms with E-state index < -0.39 is 17.7 Å². The molecule has 1 amide bonds. The Hall–Kier alpha value is -2.77. The van der Waals surface area contributed by atoms with Gasteiger partial charge in [0, 0.05) is 34.5 Å². The molecule has 0 aliphatic carbocycles. The van der Waals surface area contributed by atoms with E-state index in [0.717, 1.165) is 34.6 Å². The van der Waals surface area contributed by atoms with Crippen LogP contribution in [-0.4, -0.2) is 27.3 Å². The van der Waals surface area contributed by atoms with E-state index in [0.29, 0.717) is 16.8 Å². The molecule has 1 aromatic heterocycles. The quantitative estimate of drug-likeness (QED) is 0.614. The number of carbonyl (C=O) groups excluding carboxylic acids is 1. The van der Waals surface area contributed by atoms with Crippen LogP contribution in [0.25, 0.3) is 5.69 Å². The predicted molar refractivity (Wildman–Crippen MR) is 111 cm³/mol. The molecular weight excluding hydrogens is 412 g/mol. The van der Waals surface area contributed by atoms with Crippen molar-refractivity contribution in [2.24, 2.45) is 0 Å². The number of aliphatic hydroxyl groups excluding tert-OH is 1. The van der Waals surface area contributed by atoms with Crippen LogP contribution in [0.4, 0.5) is 8.78 Å². The number of aryl methyl sites for hydroxylation is 2. The van der Waals surface area contributed by atoms with E-state index in [1.165, 1.54) is 0 Å². The van der Waals surface area contributed by atoms with Gasteiger partial charge < -0.3 is 10.4 Å². The van der Waals surface area contributed by atoms with E-state index >= 15 is 0 Å². The maximum atomic E-state index is 13.8. The third kappa shape index (κ3) is 4.68. The Morgan fingerprint density at radius 2 is 1.93 bits per heavy atom. The average Bonchev–Trinajstić information content (AvgIpc) is 2.96. The summed E-state index contributed by atoms with van der Waals surface area (Å²) in [6.45, 7) is 5.39. The van der Waals surface area contributed by atoms with Crippen LogP contribution in [-0.2, 0) is 11.2 Å². The molecular formula is C22H22ClF2N3O2. The van der Waals surface area contributed by atoms with E-state index in [1.54, 1.807) is 4.68 Å². The smallest absolute Gasteiger partial charge is 0.224 e. The van der Waals surface area contributed by atoms with Gasteiger partial charge in [0.1, 0.15) is 11.6 Å². The second-order valence-electron chi connectivity index (χ2n) is 7.16. The van der Waals surface area contributed by atoms with Crippen molar-refractivity contribution < 1.29 is 18.7 Å². The fraction of sp³-hybridized carbons (Fsp3) is 0.273. The number of hydrogen-bond acceptors (Lipinski definition) is 3. The molecule has 1 atom stereocenters. The molecule has 0 aliphatic rings. The zero-order valence-corrected chi connectivity index (χ0v) is 17.6. The minimum absolute atomic E-state index is 0.0515. The Morgan fingerprint density at radius 3 is 2.60 bits per heavy atom. The van der Waals surface area contributed by atoms with Crippen molar-refractivity contribution >= 4 is 17.5 Å². The Labute approximate surface area is 178 Å². The summed E-state index contributed by atoms with van der Waals surface area (Å²) in [5.41, 5.74) is 3.93. The van der Waals surface area contributed by atoms with Crippen LogP contribution in [0.15, 0.2) is 36.4 Å². The largest absolute Gasteiger partial charge is 0.386 e. The van der Waals surface area contributed by atoms with Gasteiger partial charge in [-0.1, -0.05) is 23.7 Å². The molecule has 2 aromatic carbocycles. The van der Waals surface area contributed by atoms with Gasteiger partial charge in [-0.05, 0) is 44.5 Å². The second kappa shape index (κ2) is 8.93. The van der Waals surface area contributed by atoms with Crippen LogP contribution in [0.3, 0.4) is 0 Å². The van der Waals surface area contributed by atoms with Gasteiger partial charge in [0.2, 0.25) is 5.91 Å². The van der Waals surface area contributed by atoms with Crippen molar-refractivity contribution in [1.29, 1.82) is 0 Å². The van der Waals surface area contributed by atoms with E-state index in [9.17, 15) is 18.7 Å². The highest BCUT2D eigenvalue weighted by atomic mass is 35.5. The number of rotatable bonds is 6. The Bertz CT molecular complexity index is 1100. The van der Waals surface area contributed by atoms with Gasteiger partial charge in [-0.15, -0.1) is 0 Å². The average molecular weight is 434 g/mol.